The normalized spacial score (nSPS) is 19.8. The van der Waals surface area contributed by atoms with Crippen LogP contribution in [-0.4, -0.2) is 30.8 Å². The van der Waals surface area contributed by atoms with Gasteiger partial charge in [0.2, 0.25) is 0 Å². The molecule has 1 fully saturated rings. The molecule has 2 atom stereocenters. The molecule has 4 rings (SSSR count). The summed E-state index contributed by atoms with van der Waals surface area (Å²) in [5, 5.41) is 13.4. The van der Waals surface area contributed by atoms with Gasteiger partial charge < -0.3 is 5.11 Å². The van der Waals surface area contributed by atoms with Gasteiger partial charge in [-0.25, -0.2) is 14.5 Å². The van der Waals surface area contributed by atoms with Gasteiger partial charge in [-0.1, -0.05) is 27.7 Å². The fourth-order valence-electron chi connectivity index (χ4n) is 2.86. The van der Waals surface area contributed by atoms with Crippen LogP contribution in [0.5, 0.6) is 0 Å². The SMILES string of the molecule is CC.CC.O=C(O)c1nn(-c2cnccn2)c2c1CC1CC21. The van der Waals surface area contributed by atoms with E-state index in [0.717, 1.165) is 24.1 Å². The van der Waals surface area contributed by atoms with Crippen molar-refractivity contribution in [3.63, 3.8) is 0 Å². The summed E-state index contributed by atoms with van der Waals surface area (Å²) in [6, 6.07) is 0. The van der Waals surface area contributed by atoms with E-state index in [1.807, 2.05) is 27.7 Å². The molecule has 2 heterocycles. The van der Waals surface area contributed by atoms with Gasteiger partial charge >= 0.3 is 5.97 Å². The van der Waals surface area contributed by atoms with Crippen molar-refractivity contribution in [1.29, 1.82) is 0 Å². The second-order valence-electron chi connectivity index (χ2n) is 4.80. The van der Waals surface area contributed by atoms with Crippen LogP contribution >= 0.6 is 0 Å². The Bertz CT molecular complexity index is 652. The Kier molecular flexibility index (Phi) is 4.90. The third-order valence-corrected chi connectivity index (χ3v) is 3.73. The monoisotopic (exact) mass is 302 g/mol. The van der Waals surface area contributed by atoms with Crippen molar-refractivity contribution < 1.29 is 9.90 Å². The van der Waals surface area contributed by atoms with Gasteiger partial charge in [0.05, 0.1) is 11.9 Å². The summed E-state index contributed by atoms with van der Waals surface area (Å²) in [6.07, 6.45) is 6.75. The zero-order valence-electron chi connectivity index (χ0n) is 13.4. The first kappa shape index (κ1) is 16.1. The van der Waals surface area contributed by atoms with Gasteiger partial charge in [0, 0.05) is 23.9 Å². The third-order valence-electron chi connectivity index (χ3n) is 3.73. The summed E-state index contributed by atoms with van der Waals surface area (Å²) in [4.78, 5) is 19.4. The van der Waals surface area contributed by atoms with Crippen LogP contribution in [-0.2, 0) is 6.42 Å². The molecule has 0 saturated heterocycles. The van der Waals surface area contributed by atoms with E-state index in [1.165, 1.54) is 0 Å². The topological polar surface area (TPSA) is 80.9 Å². The summed E-state index contributed by atoms with van der Waals surface area (Å²) < 4.78 is 1.66. The molecule has 6 nitrogen and oxygen atoms in total. The average molecular weight is 302 g/mol. The molecule has 0 bridgehead atoms. The molecule has 1 N–H and O–H groups in total. The highest BCUT2D eigenvalue weighted by Gasteiger charge is 2.50. The van der Waals surface area contributed by atoms with Crippen LogP contribution in [0.3, 0.4) is 0 Å². The smallest absolute Gasteiger partial charge is 0.356 e. The molecule has 0 aliphatic heterocycles. The fraction of sp³-hybridized carbons (Fsp3) is 0.500. The van der Waals surface area contributed by atoms with Crippen LogP contribution in [0.25, 0.3) is 5.82 Å². The molecule has 0 radical (unpaired) electrons. The van der Waals surface area contributed by atoms with Crippen molar-refractivity contribution in [2.45, 2.75) is 46.5 Å². The van der Waals surface area contributed by atoms with E-state index in [4.69, 9.17) is 0 Å². The maximum atomic E-state index is 11.2. The van der Waals surface area contributed by atoms with Gasteiger partial charge in [-0.2, -0.15) is 5.10 Å². The van der Waals surface area contributed by atoms with Crippen molar-refractivity contribution in [2.24, 2.45) is 5.92 Å². The van der Waals surface area contributed by atoms with E-state index >= 15 is 0 Å². The molecule has 2 unspecified atom stereocenters. The lowest BCUT2D eigenvalue weighted by atomic mass is 10.1. The van der Waals surface area contributed by atoms with Crippen LogP contribution in [0.2, 0.25) is 0 Å². The number of fused-ring (bicyclic) bond motifs is 3. The quantitative estimate of drug-likeness (QED) is 0.922. The van der Waals surface area contributed by atoms with Crippen molar-refractivity contribution in [1.82, 2.24) is 19.7 Å². The second kappa shape index (κ2) is 6.68. The predicted molar refractivity (Wildman–Crippen MR) is 83.4 cm³/mol. The number of aromatic carboxylic acids is 1. The summed E-state index contributed by atoms with van der Waals surface area (Å²) in [6.45, 7) is 8.00. The standard InChI is InChI=1S/C12H10N4O2.2C2H6/c17-12(18)10-8-4-6-3-7(6)11(8)16(15-10)9-5-13-1-2-14-9;2*1-2/h1-2,5-7H,3-4H2,(H,17,18);2*1-2H3. The number of nitrogens with zero attached hydrogens (tertiary/aromatic N) is 4. The van der Waals surface area contributed by atoms with Crippen molar-refractivity contribution >= 4 is 5.97 Å². The Morgan fingerprint density at radius 3 is 2.59 bits per heavy atom. The zero-order chi connectivity index (χ0) is 16.3. The molecule has 22 heavy (non-hydrogen) atoms. The molecule has 0 spiro atoms. The minimum absolute atomic E-state index is 0.169. The van der Waals surface area contributed by atoms with Gasteiger partial charge in [0.15, 0.2) is 11.5 Å². The summed E-state index contributed by atoms with van der Waals surface area (Å²) in [5.41, 5.74) is 2.08. The highest BCUT2D eigenvalue weighted by atomic mass is 16.4. The second-order valence-corrected chi connectivity index (χ2v) is 4.80. The van der Waals surface area contributed by atoms with E-state index in [1.54, 1.807) is 23.3 Å². The molecule has 0 amide bonds. The first-order valence-electron chi connectivity index (χ1n) is 7.87. The third kappa shape index (κ3) is 2.61. The maximum absolute atomic E-state index is 11.2. The number of carbonyl (C=O) groups is 1. The first-order chi connectivity index (χ1) is 10.8. The highest BCUT2D eigenvalue weighted by molar-refractivity contribution is 5.88. The van der Waals surface area contributed by atoms with E-state index in [-0.39, 0.29) is 5.69 Å². The molecule has 0 aromatic carbocycles. The lowest BCUT2D eigenvalue weighted by Gasteiger charge is -2.03. The van der Waals surface area contributed by atoms with Gasteiger partial charge in [0.1, 0.15) is 0 Å². The van der Waals surface area contributed by atoms with Gasteiger partial charge in [-0.3, -0.25) is 4.98 Å². The number of carboxylic acids is 1. The number of aromatic nitrogens is 4. The Balaban J connectivity index is 0.000000410. The molecule has 2 aromatic rings. The van der Waals surface area contributed by atoms with Crippen LogP contribution in [0, 0.1) is 5.92 Å². The number of hydrogen-bond acceptors (Lipinski definition) is 4. The number of rotatable bonds is 2. The average Bonchev–Trinajstić information content (AvgIpc) is 3.08. The van der Waals surface area contributed by atoms with Crippen molar-refractivity contribution in [3.05, 3.63) is 35.5 Å². The maximum Gasteiger partial charge on any atom is 0.356 e. The lowest BCUT2D eigenvalue weighted by molar-refractivity contribution is 0.0688. The minimum Gasteiger partial charge on any atom is -0.476 e. The molecule has 2 aliphatic rings. The molecular weight excluding hydrogens is 280 g/mol. The highest BCUT2D eigenvalue weighted by Crippen LogP contribution is 2.57. The van der Waals surface area contributed by atoms with Crippen molar-refractivity contribution in [2.75, 3.05) is 0 Å². The Morgan fingerprint density at radius 1 is 1.27 bits per heavy atom. The van der Waals surface area contributed by atoms with E-state index in [9.17, 15) is 9.90 Å². The molecule has 6 heteroatoms. The van der Waals surface area contributed by atoms with Gasteiger partial charge in [0.25, 0.3) is 0 Å². The van der Waals surface area contributed by atoms with Crippen LogP contribution < -0.4 is 0 Å². The van der Waals surface area contributed by atoms with Crippen LogP contribution in [0.1, 0.15) is 61.8 Å². The molecular formula is C16H22N4O2. The Labute approximate surface area is 130 Å². The van der Waals surface area contributed by atoms with E-state index in [0.29, 0.717) is 17.7 Å². The lowest BCUT2D eigenvalue weighted by Crippen LogP contribution is -2.05. The summed E-state index contributed by atoms with van der Waals surface area (Å²) >= 11 is 0. The first-order valence-corrected chi connectivity index (χ1v) is 7.87. The van der Waals surface area contributed by atoms with Gasteiger partial charge in [-0.15, -0.1) is 0 Å². The van der Waals surface area contributed by atoms with Crippen molar-refractivity contribution in [3.8, 4) is 5.82 Å². The molecule has 1 saturated carbocycles. The summed E-state index contributed by atoms with van der Waals surface area (Å²) in [5.74, 6) is 0.700. The van der Waals surface area contributed by atoms with Crippen LogP contribution in [0.15, 0.2) is 18.6 Å². The number of hydrogen-bond donors (Lipinski definition) is 1. The molecule has 2 aromatic heterocycles. The molecule has 2 aliphatic carbocycles. The molecule has 118 valence electrons. The largest absolute Gasteiger partial charge is 0.476 e. The fourth-order valence-corrected chi connectivity index (χ4v) is 2.86. The predicted octanol–water partition coefficient (Wildman–Crippen LogP) is 3.07. The minimum atomic E-state index is -0.963. The Hall–Kier alpha value is -2.24. The van der Waals surface area contributed by atoms with Crippen LogP contribution in [0.4, 0.5) is 0 Å². The number of carboxylic acid groups (broad SMARTS) is 1. The van der Waals surface area contributed by atoms with Gasteiger partial charge in [-0.05, 0) is 18.8 Å². The van der Waals surface area contributed by atoms with E-state index < -0.39 is 5.97 Å². The Morgan fingerprint density at radius 2 is 2.00 bits per heavy atom. The van der Waals surface area contributed by atoms with E-state index in [2.05, 4.69) is 15.1 Å². The zero-order valence-corrected chi connectivity index (χ0v) is 13.4. The summed E-state index contributed by atoms with van der Waals surface area (Å²) in [7, 11) is 0.